The van der Waals surface area contributed by atoms with Gasteiger partial charge in [-0.25, -0.2) is 0 Å². The molecule has 1 saturated heterocycles. The SMILES string of the molecule is C[C@]1(CO)C(C2CCC3=CC4(CCC3=C2CO)OCCO4)CC[C@@H]1O. The quantitative estimate of drug-likeness (QED) is 0.725. The van der Waals surface area contributed by atoms with Crippen molar-refractivity contribution in [2.75, 3.05) is 26.4 Å². The molecular weight excluding hydrogens is 320 g/mol. The Morgan fingerprint density at radius 1 is 1.12 bits per heavy atom. The van der Waals surface area contributed by atoms with Gasteiger partial charge in [0.15, 0.2) is 5.79 Å². The molecule has 0 bridgehead atoms. The number of rotatable bonds is 3. The lowest BCUT2D eigenvalue weighted by Crippen LogP contribution is -2.41. The molecule has 0 aromatic heterocycles. The van der Waals surface area contributed by atoms with E-state index >= 15 is 0 Å². The molecular formula is C20H30O5. The molecule has 2 fully saturated rings. The molecule has 1 aliphatic heterocycles. The monoisotopic (exact) mass is 350 g/mol. The van der Waals surface area contributed by atoms with Crippen molar-refractivity contribution in [1.82, 2.24) is 0 Å². The van der Waals surface area contributed by atoms with Crippen molar-refractivity contribution in [2.45, 2.75) is 57.3 Å². The van der Waals surface area contributed by atoms with Gasteiger partial charge in [0, 0.05) is 11.8 Å². The zero-order valence-corrected chi connectivity index (χ0v) is 15.0. The van der Waals surface area contributed by atoms with Gasteiger partial charge in [-0.1, -0.05) is 6.92 Å². The molecule has 0 aromatic carbocycles. The minimum absolute atomic E-state index is 0.00311. The molecule has 3 aliphatic carbocycles. The third kappa shape index (κ3) is 2.72. The molecule has 1 spiro atoms. The van der Waals surface area contributed by atoms with E-state index in [0.29, 0.717) is 13.2 Å². The fourth-order valence-corrected chi connectivity index (χ4v) is 5.67. The number of hydrogen-bond donors (Lipinski definition) is 3. The predicted molar refractivity (Wildman–Crippen MR) is 92.7 cm³/mol. The van der Waals surface area contributed by atoms with Gasteiger partial charge >= 0.3 is 0 Å². The van der Waals surface area contributed by atoms with Gasteiger partial charge in [-0.2, -0.15) is 0 Å². The first-order chi connectivity index (χ1) is 12.0. The van der Waals surface area contributed by atoms with Crippen LogP contribution in [0.3, 0.4) is 0 Å². The van der Waals surface area contributed by atoms with E-state index in [-0.39, 0.29) is 25.0 Å². The topological polar surface area (TPSA) is 79.2 Å². The molecule has 0 amide bonds. The van der Waals surface area contributed by atoms with Crippen molar-refractivity contribution in [1.29, 1.82) is 0 Å². The first kappa shape index (κ1) is 17.7. The van der Waals surface area contributed by atoms with Crippen molar-refractivity contribution in [3.63, 3.8) is 0 Å². The highest BCUT2D eigenvalue weighted by Gasteiger charge is 2.51. The number of aliphatic hydroxyl groups is 3. The molecule has 4 atom stereocenters. The number of aliphatic hydroxyl groups excluding tert-OH is 3. The van der Waals surface area contributed by atoms with Crippen LogP contribution in [-0.2, 0) is 9.47 Å². The Bertz CT molecular complexity index is 589. The maximum Gasteiger partial charge on any atom is 0.188 e. The minimum atomic E-state index is -0.546. The number of ether oxygens (including phenoxy) is 2. The third-order valence-electron chi connectivity index (χ3n) is 7.20. The Morgan fingerprint density at radius 3 is 2.56 bits per heavy atom. The molecule has 5 nitrogen and oxygen atoms in total. The molecule has 5 heteroatoms. The first-order valence-corrected chi connectivity index (χ1v) is 9.65. The molecule has 1 heterocycles. The Hall–Kier alpha value is -0.720. The molecule has 4 rings (SSSR count). The van der Waals surface area contributed by atoms with Crippen LogP contribution in [0.1, 0.15) is 45.4 Å². The van der Waals surface area contributed by atoms with Gasteiger partial charge in [-0.3, -0.25) is 0 Å². The maximum atomic E-state index is 10.4. The van der Waals surface area contributed by atoms with Crippen LogP contribution < -0.4 is 0 Å². The number of allylic oxidation sites excluding steroid dienone is 2. The largest absolute Gasteiger partial charge is 0.396 e. The average Bonchev–Trinajstić information content (AvgIpc) is 3.19. The normalized spacial score (nSPS) is 40.5. The summed E-state index contributed by atoms with van der Waals surface area (Å²) in [4.78, 5) is 0. The fraction of sp³-hybridized carbons (Fsp3) is 0.800. The minimum Gasteiger partial charge on any atom is -0.396 e. The Balaban J connectivity index is 1.67. The van der Waals surface area contributed by atoms with Crippen LogP contribution in [0.2, 0.25) is 0 Å². The number of hydrogen-bond acceptors (Lipinski definition) is 5. The van der Waals surface area contributed by atoms with Gasteiger partial charge < -0.3 is 24.8 Å². The van der Waals surface area contributed by atoms with E-state index in [1.165, 1.54) is 11.1 Å². The van der Waals surface area contributed by atoms with E-state index in [1.807, 2.05) is 6.92 Å². The zero-order chi connectivity index (χ0) is 17.7. The standard InChI is InChI=1S/C20H30O5/c1-19(12-22)17(4-5-18(19)23)15-3-2-13-10-20(24-8-9-25-20)7-6-14(13)16(15)11-21/h10,15,17-18,21-23H,2-9,11-12H2,1H3/t15?,17?,18-,19-/m0/s1. The Morgan fingerprint density at radius 2 is 1.88 bits per heavy atom. The second-order valence-electron chi connectivity index (χ2n) is 8.35. The third-order valence-corrected chi connectivity index (χ3v) is 7.20. The zero-order valence-electron chi connectivity index (χ0n) is 15.0. The summed E-state index contributed by atoms with van der Waals surface area (Å²) < 4.78 is 11.7. The van der Waals surface area contributed by atoms with Crippen LogP contribution in [-0.4, -0.2) is 53.6 Å². The summed E-state index contributed by atoms with van der Waals surface area (Å²) in [5, 5.41) is 30.5. The van der Waals surface area contributed by atoms with Gasteiger partial charge in [-0.15, -0.1) is 0 Å². The van der Waals surface area contributed by atoms with Crippen molar-refractivity contribution in [3.05, 3.63) is 22.8 Å². The lowest BCUT2D eigenvalue weighted by Gasteiger charge is -2.43. The summed E-state index contributed by atoms with van der Waals surface area (Å²) in [6.45, 7) is 3.34. The Labute approximate surface area is 149 Å². The van der Waals surface area contributed by atoms with Crippen molar-refractivity contribution < 1.29 is 24.8 Å². The van der Waals surface area contributed by atoms with Crippen LogP contribution in [0.4, 0.5) is 0 Å². The summed E-state index contributed by atoms with van der Waals surface area (Å²) in [6.07, 6.45) is 6.89. The average molecular weight is 350 g/mol. The van der Waals surface area contributed by atoms with Gasteiger partial charge in [-0.05, 0) is 66.7 Å². The van der Waals surface area contributed by atoms with Gasteiger partial charge in [0.25, 0.3) is 0 Å². The molecule has 25 heavy (non-hydrogen) atoms. The van der Waals surface area contributed by atoms with Gasteiger partial charge in [0.1, 0.15) is 0 Å². The van der Waals surface area contributed by atoms with E-state index in [9.17, 15) is 15.3 Å². The van der Waals surface area contributed by atoms with Crippen LogP contribution in [0.5, 0.6) is 0 Å². The van der Waals surface area contributed by atoms with Crippen LogP contribution in [0.15, 0.2) is 22.8 Å². The van der Waals surface area contributed by atoms with Crippen LogP contribution in [0, 0.1) is 17.3 Å². The highest BCUT2D eigenvalue weighted by molar-refractivity contribution is 5.44. The summed E-state index contributed by atoms with van der Waals surface area (Å²) in [6, 6.07) is 0. The first-order valence-electron chi connectivity index (χ1n) is 9.65. The van der Waals surface area contributed by atoms with E-state index in [1.54, 1.807) is 0 Å². The lowest BCUT2D eigenvalue weighted by molar-refractivity contribution is -0.123. The molecule has 140 valence electrons. The lowest BCUT2D eigenvalue weighted by atomic mass is 9.64. The summed E-state index contributed by atoms with van der Waals surface area (Å²) in [7, 11) is 0. The second-order valence-corrected chi connectivity index (χ2v) is 8.35. The van der Waals surface area contributed by atoms with Crippen LogP contribution >= 0.6 is 0 Å². The summed E-state index contributed by atoms with van der Waals surface area (Å²) >= 11 is 0. The van der Waals surface area contributed by atoms with E-state index in [4.69, 9.17) is 9.47 Å². The van der Waals surface area contributed by atoms with Crippen molar-refractivity contribution in [3.8, 4) is 0 Å². The fourth-order valence-electron chi connectivity index (χ4n) is 5.67. The van der Waals surface area contributed by atoms with Crippen molar-refractivity contribution >= 4 is 0 Å². The van der Waals surface area contributed by atoms with Crippen molar-refractivity contribution in [2.24, 2.45) is 17.3 Å². The van der Waals surface area contributed by atoms with Gasteiger partial charge in [0.2, 0.25) is 0 Å². The van der Waals surface area contributed by atoms with E-state index in [2.05, 4.69) is 6.08 Å². The number of fused-ring (bicyclic) bond motifs is 1. The van der Waals surface area contributed by atoms with E-state index < -0.39 is 17.3 Å². The smallest absolute Gasteiger partial charge is 0.188 e. The van der Waals surface area contributed by atoms with Gasteiger partial charge in [0.05, 0.1) is 32.5 Å². The maximum absolute atomic E-state index is 10.4. The highest BCUT2D eigenvalue weighted by atomic mass is 16.7. The molecule has 4 aliphatic rings. The predicted octanol–water partition coefficient (Wildman–Crippen LogP) is 1.92. The molecule has 0 radical (unpaired) electrons. The van der Waals surface area contributed by atoms with Crippen LogP contribution in [0.25, 0.3) is 0 Å². The molecule has 1 saturated carbocycles. The Kier molecular flexibility index (Phi) is 4.57. The summed E-state index contributed by atoms with van der Waals surface area (Å²) in [5.41, 5.74) is 3.17. The molecule has 2 unspecified atom stereocenters. The molecule has 3 N–H and O–H groups in total. The highest BCUT2D eigenvalue weighted by Crippen LogP contribution is 2.54. The summed E-state index contributed by atoms with van der Waals surface area (Å²) in [5.74, 6) is -0.0837. The van der Waals surface area contributed by atoms with E-state index in [0.717, 1.165) is 44.1 Å². The second kappa shape index (κ2) is 6.46. The molecule has 0 aromatic rings.